The van der Waals surface area contributed by atoms with Crippen LogP contribution in [0.5, 0.6) is 5.75 Å². The van der Waals surface area contributed by atoms with E-state index in [9.17, 15) is 5.11 Å². The van der Waals surface area contributed by atoms with Gasteiger partial charge >= 0.3 is 0 Å². The third kappa shape index (κ3) is 2.61. The summed E-state index contributed by atoms with van der Waals surface area (Å²) >= 11 is 0. The molecule has 1 aliphatic heterocycles. The lowest BCUT2D eigenvalue weighted by Crippen LogP contribution is -2.37. The second-order valence-electron chi connectivity index (χ2n) is 5.29. The maximum absolute atomic E-state index is 10.1. The summed E-state index contributed by atoms with van der Waals surface area (Å²) in [6, 6.07) is 6.83. The van der Waals surface area contributed by atoms with E-state index in [0.29, 0.717) is 11.8 Å². The van der Waals surface area contributed by atoms with Crippen molar-refractivity contribution in [3.8, 4) is 5.75 Å². The molecule has 0 aliphatic carbocycles. The van der Waals surface area contributed by atoms with E-state index in [2.05, 4.69) is 30.1 Å². The van der Waals surface area contributed by atoms with Crippen molar-refractivity contribution in [2.75, 3.05) is 18.5 Å². The first-order chi connectivity index (χ1) is 8.63. The molecule has 0 saturated carbocycles. The summed E-state index contributed by atoms with van der Waals surface area (Å²) in [5.74, 6) is 0.395. The fourth-order valence-corrected chi connectivity index (χ4v) is 2.71. The molecule has 1 aliphatic rings. The highest BCUT2D eigenvalue weighted by atomic mass is 16.3. The Bertz CT molecular complexity index is 405. The third-order valence-corrected chi connectivity index (χ3v) is 4.05. The Hall–Kier alpha value is -1.22. The molecule has 2 rings (SSSR count). The lowest BCUT2D eigenvalue weighted by atomic mass is 10.0. The largest absolute Gasteiger partial charge is 0.508 e. The van der Waals surface area contributed by atoms with Crippen LogP contribution in [0.2, 0.25) is 0 Å². The summed E-state index contributed by atoms with van der Waals surface area (Å²) in [7, 11) is 1.91. The van der Waals surface area contributed by atoms with Gasteiger partial charge < -0.3 is 15.3 Å². The van der Waals surface area contributed by atoms with Gasteiger partial charge in [-0.2, -0.15) is 0 Å². The van der Waals surface area contributed by atoms with Crippen molar-refractivity contribution in [2.45, 2.75) is 45.2 Å². The highest BCUT2D eigenvalue weighted by Crippen LogP contribution is 2.31. The maximum Gasteiger partial charge on any atom is 0.122 e. The molecule has 2 atom stereocenters. The molecule has 0 aromatic heterocycles. The van der Waals surface area contributed by atoms with Crippen molar-refractivity contribution in [3.05, 3.63) is 23.8 Å². The van der Waals surface area contributed by atoms with Gasteiger partial charge in [-0.15, -0.1) is 0 Å². The van der Waals surface area contributed by atoms with Crippen LogP contribution < -0.4 is 10.2 Å². The summed E-state index contributed by atoms with van der Waals surface area (Å²) < 4.78 is 0. The van der Waals surface area contributed by atoms with Gasteiger partial charge in [-0.1, -0.05) is 6.07 Å². The smallest absolute Gasteiger partial charge is 0.122 e. The molecule has 0 radical (unpaired) electrons. The fraction of sp³-hybridized carbons (Fsp3) is 0.600. The first kappa shape index (κ1) is 13.2. The van der Waals surface area contributed by atoms with Crippen molar-refractivity contribution in [3.63, 3.8) is 0 Å². The quantitative estimate of drug-likeness (QED) is 0.863. The normalized spacial score (nSPS) is 21.9. The molecule has 2 N–H and O–H groups in total. The summed E-state index contributed by atoms with van der Waals surface area (Å²) in [5, 5.41) is 13.3. The van der Waals surface area contributed by atoms with Gasteiger partial charge in [0.25, 0.3) is 0 Å². The highest BCUT2D eigenvalue weighted by molar-refractivity contribution is 5.54. The number of rotatable bonds is 3. The minimum atomic E-state index is 0.179. The van der Waals surface area contributed by atoms with Crippen LogP contribution in [-0.2, 0) is 0 Å². The van der Waals surface area contributed by atoms with Crippen LogP contribution in [0.25, 0.3) is 0 Å². The molecule has 1 aromatic rings. The van der Waals surface area contributed by atoms with Crippen molar-refractivity contribution < 1.29 is 5.11 Å². The Morgan fingerprint density at radius 3 is 2.78 bits per heavy atom. The Morgan fingerprint density at radius 2 is 2.17 bits per heavy atom. The van der Waals surface area contributed by atoms with Gasteiger partial charge in [0.15, 0.2) is 0 Å². The van der Waals surface area contributed by atoms with Gasteiger partial charge in [0.2, 0.25) is 0 Å². The van der Waals surface area contributed by atoms with Crippen LogP contribution in [0.1, 0.15) is 44.7 Å². The zero-order chi connectivity index (χ0) is 13.1. The average Bonchev–Trinajstić information content (AvgIpc) is 2.38. The molecule has 3 heteroatoms. The molecule has 2 unspecified atom stereocenters. The Labute approximate surface area is 110 Å². The molecule has 1 saturated heterocycles. The van der Waals surface area contributed by atoms with Crippen LogP contribution >= 0.6 is 0 Å². The van der Waals surface area contributed by atoms with Crippen molar-refractivity contribution in [1.29, 1.82) is 0 Å². The van der Waals surface area contributed by atoms with E-state index in [-0.39, 0.29) is 6.04 Å². The van der Waals surface area contributed by atoms with Gasteiger partial charge in [0, 0.05) is 35.9 Å². The molecule has 1 fully saturated rings. The lowest BCUT2D eigenvalue weighted by Gasteiger charge is -2.35. The van der Waals surface area contributed by atoms with Crippen LogP contribution in [-0.4, -0.2) is 24.7 Å². The number of benzene rings is 1. The first-order valence-corrected chi connectivity index (χ1v) is 6.90. The minimum absolute atomic E-state index is 0.179. The number of hydrogen-bond donors (Lipinski definition) is 2. The van der Waals surface area contributed by atoms with E-state index in [1.165, 1.54) is 19.3 Å². The molecule has 1 aromatic carbocycles. The number of aromatic hydroxyl groups is 1. The first-order valence-electron chi connectivity index (χ1n) is 6.90. The number of anilines is 1. The van der Waals surface area contributed by atoms with E-state index in [4.69, 9.17) is 0 Å². The summed E-state index contributed by atoms with van der Waals surface area (Å²) in [4.78, 5) is 2.40. The number of piperidine rings is 1. The van der Waals surface area contributed by atoms with Crippen molar-refractivity contribution in [2.24, 2.45) is 0 Å². The van der Waals surface area contributed by atoms with Crippen LogP contribution in [0.15, 0.2) is 18.2 Å². The van der Waals surface area contributed by atoms with Crippen LogP contribution in [0.4, 0.5) is 5.69 Å². The summed E-state index contributed by atoms with van der Waals surface area (Å²) in [6.07, 6.45) is 3.81. The van der Waals surface area contributed by atoms with Gasteiger partial charge in [-0.3, -0.25) is 0 Å². The third-order valence-electron chi connectivity index (χ3n) is 4.05. The molecule has 0 spiro atoms. The molecule has 3 nitrogen and oxygen atoms in total. The SMILES string of the molecule is CNC(C)c1ccc(N2CCCCC2C)cc1O. The monoisotopic (exact) mass is 248 g/mol. The molecule has 18 heavy (non-hydrogen) atoms. The van der Waals surface area contributed by atoms with Crippen molar-refractivity contribution >= 4 is 5.69 Å². The highest BCUT2D eigenvalue weighted by Gasteiger charge is 2.19. The van der Waals surface area contributed by atoms with E-state index >= 15 is 0 Å². The Kier molecular flexibility index (Phi) is 4.12. The van der Waals surface area contributed by atoms with Crippen LogP contribution in [0.3, 0.4) is 0 Å². The van der Waals surface area contributed by atoms with Gasteiger partial charge in [-0.05, 0) is 46.2 Å². The number of nitrogens with zero attached hydrogens (tertiary/aromatic N) is 1. The molecule has 0 bridgehead atoms. The Balaban J connectivity index is 2.22. The average molecular weight is 248 g/mol. The molecular formula is C15H24N2O. The fourth-order valence-electron chi connectivity index (χ4n) is 2.71. The number of phenolic OH excluding ortho intramolecular Hbond substituents is 1. The zero-order valence-electron chi connectivity index (χ0n) is 11.6. The molecule has 0 amide bonds. The number of hydrogen-bond acceptors (Lipinski definition) is 3. The van der Waals surface area contributed by atoms with E-state index < -0.39 is 0 Å². The Morgan fingerprint density at radius 1 is 1.39 bits per heavy atom. The summed E-state index contributed by atoms with van der Waals surface area (Å²) in [5.41, 5.74) is 2.11. The molecule has 1 heterocycles. The molecular weight excluding hydrogens is 224 g/mol. The van der Waals surface area contributed by atoms with E-state index in [1.807, 2.05) is 19.2 Å². The van der Waals surface area contributed by atoms with E-state index in [1.54, 1.807) is 0 Å². The van der Waals surface area contributed by atoms with Gasteiger partial charge in [-0.25, -0.2) is 0 Å². The second kappa shape index (κ2) is 5.61. The summed E-state index contributed by atoms with van der Waals surface area (Å²) in [6.45, 7) is 5.42. The molecule has 100 valence electrons. The van der Waals surface area contributed by atoms with E-state index in [0.717, 1.165) is 17.8 Å². The maximum atomic E-state index is 10.1. The predicted molar refractivity (Wildman–Crippen MR) is 76.2 cm³/mol. The number of phenols is 1. The predicted octanol–water partition coefficient (Wildman–Crippen LogP) is 3.05. The minimum Gasteiger partial charge on any atom is -0.508 e. The topological polar surface area (TPSA) is 35.5 Å². The van der Waals surface area contributed by atoms with Crippen LogP contribution in [0, 0.1) is 0 Å². The van der Waals surface area contributed by atoms with Gasteiger partial charge in [0.1, 0.15) is 5.75 Å². The lowest BCUT2D eigenvalue weighted by molar-refractivity contribution is 0.454. The standard InChI is InChI=1S/C15H24N2O/c1-11-6-4-5-9-17(11)13-7-8-14(12(2)16-3)15(18)10-13/h7-8,10-12,16,18H,4-6,9H2,1-3H3. The van der Waals surface area contributed by atoms with Crippen molar-refractivity contribution in [1.82, 2.24) is 5.32 Å². The zero-order valence-corrected chi connectivity index (χ0v) is 11.6. The second-order valence-corrected chi connectivity index (χ2v) is 5.29. The number of nitrogens with one attached hydrogen (secondary N) is 1. The van der Waals surface area contributed by atoms with Gasteiger partial charge in [0.05, 0.1) is 0 Å².